The highest BCUT2D eigenvalue weighted by molar-refractivity contribution is 5.89. The number of ether oxygens (including phenoxy) is 2. The molecule has 10 nitrogen and oxygen atoms in total. The molecule has 1 aliphatic heterocycles. The maximum atomic E-state index is 12.0. The number of rotatable bonds is 4. The number of aliphatic hydroxyl groups excluding tert-OH is 2. The van der Waals surface area contributed by atoms with E-state index in [0.717, 1.165) is 0 Å². The molecule has 2 aromatic heterocycles. The van der Waals surface area contributed by atoms with Crippen LogP contribution in [0, 0.1) is 0 Å². The standard InChI is InChI=1S/C17H16N4O6/c22-12-10(6-26-17(25)9-4-2-1-3-5-9)27-16(13(12)23)21-8-20-11-14(21)18-7-19-15(11)24/h1-5,7-8,10,12-13,16,22-23H,6H2,(H,18,19,24). The minimum absolute atomic E-state index is 0.0849. The number of nitrogens with one attached hydrogen (secondary N) is 1. The minimum Gasteiger partial charge on any atom is -0.459 e. The van der Waals surface area contributed by atoms with Crippen LogP contribution < -0.4 is 5.56 Å². The van der Waals surface area contributed by atoms with E-state index in [1.165, 1.54) is 17.2 Å². The molecule has 4 unspecified atom stereocenters. The number of esters is 1. The molecular weight excluding hydrogens is 356 g/mol. The molecule has 10 heteroatoms. The van der Waals surface area contributed by atoms with Gasteiger partial charge in [-0.3, -0.25) is 9.36 Å². The van der Waals surface area contributed by atoms with E-state index in [-0.39, 0.29) is 17.8 Å². The Balaban J connectivity index is 1.50. The number of carbonyl (C=O) groups is 1. The molecule has 140 valence electrons. The van der Waals surface area contributed by atoms with Crippen LogP contribution in [0.2, 0.25) is 0 Å². The SMILES string of the molecule is O=C(OCC1OC(n2cnc3c(=O)[nH]cnc32)C(O)C1O)c1ccccc1. The molecule has 1 aliphatic rings. The molecule has 0 bridgehead atoms. The number of aromatic amines is 1. The smallest absolute Gasteiger partial charge is 0.338 e. The number of nitrogens with zero attached hydrogens (tertiary/aromatic N) is 3. The van der Waals surface area contributed by atoms with Crippen LogP contribution in [0.4, 0.5) is 0 Å². The second kappa shape index (κ2) is 6.91. The van der Waals surface area contributed by atoms with Crippen LogP contribution >= 0.6 is 0 Å². The number of aliphatic hydroxyl groups is 2. The molecule has 1 aromatic carbocycles. The number of fused-ring (bicyclic) bond motifs is 1. The van der Waals surface area contributed by atoms with Gasteiger partial charge in [0.1, 0.15) is 24.9 Å². The zero-order chi connectivity index (χ0) is 19.0. The summed E-state index contributed by atoms with van der Waals surface area (Å²) in [4.78, 5) is 34.2. The van der Waals surface area contributed by atoms with Crippen molar-refractivity contribution in [1.82, 2.24) is 19.5 Å². The molecular formula is C17H16N4O6. The highest BCUT2D eigenvalue weighted by Crippen LogP contribution is 2.31. The van der Waals surface area contributed by atoms with Gasteiger partial charge in [0.05, 0.1) is 18.2 Å². The van der Waals surface area contributed by atoms with Crippen LogP contribution in [0.25, 0.3) is 11.2 Å². The van der Waals surface area contributed by atoms with Gasteiger partial charge in [-0.05, 0) is 12.1 Å². The van der Waals surface area contributed by atoms with E-state index in [2.05, 4.69) is 15.0 Å². The first kappa shape index (κ1) is 17.3. The summed E-state index contributed by atoms with van der Waals surface area (Å²) in [6.07, 6.45) is -2.08. The predicted octanol–water partition coefficient (Wildman–Crippen LogP) is -0.404. The first-order valence-electron chi connectivity index (χ1n) is 8.20. The lowest BCUT2D eigenvalue weighted by Gasteiger charge is -2.16. The van der Waals surface area contributed by atoms with Crippen LogP contribution in [-0.4, -0.2) is 60.6 Å². The number of imidazole rings is 1. The molecule has 0 amide bonds. The monoisotopic (exact) mass is 372 g/mol. The Morgan fingerprint density at radius 2 is 2.00 bits per heavy atom. The van der Waals surface area contributed by atoms with Gasteiger partial charge in [-0.15, -0.1) is 0 Å². The summed E-state index contributed by atoms with van der Waals surface area (Å²) in [6, 6.07) is 8.39. The molecule has 1 fully saturated rings. The Labute approximate surface area is 152 Å². The van der Waals surface area contributed by atoms with Gasteiger partial charge in [0, 0.05) is 0 Å². The fourth-order valence-electron chi connectivity index (χ4n) is 2.96. The van der Waals surface area contributed by atoms with Crippen molar-refractivity contribution in [3.05, 3.63) is 58.9 Å². The number of H-pyrrole nitrogens is 1. The van der Waals surface area contributed by atoms with Gasteiger partial charge in [-0.2, -0.15) is 0 Å². The van der Waals surface area contributed by atoms with Crippen molar-refractivity contribution in [3.8, 4) is 0 Å². The van der Waals surface area contributed by atoms with Crippen LogP contribution in [0.15, 0.2) is 47.8 Å². The molecule has 3 N–H and O–H groups in total. The van der Waals surface area contributed by atoms with E-state index in [1.54, 1.807) is 30.3 Å². The summed E-state index contributed by atoms with van der Waals surface area (Å²) >= 11 is 0. The molecule has 4 atom stereocenters. The van der Waals surface area contributed by atoms with Crippen molar-refractivity contribution in [2.75, 3.05) is 6.61 Å². The summed E-state index contributed by atoms with van der Waals surface area (Å²) in [5.74, 6) is -0.564. The van der Waals surface area contributed by atoms with Gasteiger partial charge in [-0.1, -0.05) is 18.2 Å². The van der Waals surface area contributed by atoms with Gasteiger partial charge >= 0.3 is 5.97 Å². The molecule has 0 radical (unpaired) electrons. The van der Waals surface area contributed by atoms with Crippen LogP contribution in [-0.2, 0) is 9.47 Å². The third-order valence-corrected chi connectivity index (χ3v) is 4.36. The van der Waals surface area contributed by atoms with Gasteiger partial charge in [0.2, 0.25) is 0 Å². The number of hydrogen-bond acceptors (Lipinski definition) is 8. The second-order valence-electron chi connectivity index (χ2n) is 6.07. The zero-order valence-electron chi connectivity index (χ0n) is 13.9. The highest BCUT2D eigenvalue weighted by atomic mass is 16.6. The Bertz CT molecular complexity index is 1020. The average molecular weight is 372 g/mol. The number of carbonyl (C=O) groups excluding carboxylic acids is 1. The Morgan fingerprint density at radius 1 is 1.22 bits per heavy atom. The van der Waals surface area contributed by atoms with E-state index in [0.29, 0.717) is 5.56 Å². The summed E-state index contributed by atoms with van der Waals surface area (Å²) in [5, 5.41) is 20.6. The van der Waals surface area contributed by atoms with E-state index >= 15 is 0 Å². The van der Waals surface area contributed by atoms with Gasteiger partial charge in [0.15, 0.2) is 17.4 Å². The first-order chi connectivity index (χ1) is 13.1. The first-order valence-corrected chi connectivity index (χ1v) is 8.20. The van der Waals surface area contributed by atoms with Crippen molar-refractivity contribution in [2.45, 2.75) is 24.5 Å². The molecule has 0 spiro atoms. The van der Waals surface area contributed by atoms with Crippen molar-refractivity contribution in [2.24, 2.45) is 0 Å². The molecule has 0 saturated carbocycles. The maximum absolute atomic E-state index is 12.0. The normalized spacial score (nSPS) is 25.0. The second-order valence-corrected chi connectivity index (χ2v) is 6.07. The summed E-state index contributed by atoms with van der Waals surface area (Å²) in [6.45, 7) is -0.247. The zero-order valence-corrected chi connectivity index (χ0v) is 13.9. The van der Waals surface area contributed by atoms with E-state index in [4.69, 9.17) is 9.47 Å². The topological polar surface area (TPSA) is 140 Å². The number of benzene rings is 1. The third kappa shape index (κ3) is 3.10. The molecule has 4 rings (SSSR count). The van der Waals surface area contributed by atoms with E-state index in [9.17, 15) is 19.8 Å². The van der Waals surface area contributed by atoms with Crippen molar-refractivity contribution in [1.29, 1.82) is 0 Å². The van der Waals surface area contributed by atoms with Crippen LogP contribution in [0.3, 0.4) is 0 Å². The Kier molecular flexibility index (Phi) is 4.44. The molecule has 27 heavy (non-hydrogen) atoms. The maximum Gasteiger partial charge on any atom is 0.338 e. The minimum atomic E-state index is -1.32. The lowest BCUT2D eigenvalue weighted by atomic mass is 10.1. The van der Waals surface area contributed by atoms with Gasteiger partial charge < -0.3 is 24.7 Å². The number of hydrogen-bond donors (Lipinski definition) is 3. The van der Waals surface area contributed by atoms with Gasteiger partial charge in [-0.25, -0.2) is 14.8 Å². The Hall–Kier alpha value is -3.08. The van der Waals surface area contributed by atoms with Crippen LogP contribution in [0.5, 0.6) is 0 Å². The largest absolute Gasteiger partial charge is 0.459 e. The predicted molar refractivity (Wildman–Crippen MR) is 90.8 cm³/mol. The molecule has 1 saturated heterocycles. The van der Waals surface area contributed by atoms with Gasteiger partial charge in [0.25, 0.3) is 5.56 Å². The summed E-state index contributed by atoms with van der Waals surface area (Å²) in [7, 11) is 0. The third-order valence-electron chi connectivity index (χ3n) is 4.36. The highest BCUT2D eigenvalue weighted by Gasteiger charge is 2.45. The fourth-order valence-corrected chi connectivity index (χ4v) is 2.96. The average Bonchev–Trinajstić information content (AvgIpc) is 3.23. The number of aromatic nitrogens is 4. The van der Waals surface area contributed by atoms with E-state index in [1.807, 2.05) is 0 Å². The van der Waals surface area contributed by atoms with Crippen molar-refractivity contribution < 1.29 is 24.5 Å². The van der Waals surface area contributed by atoms with Crippen molar-refractivity contribution >= 4 is 17.1 Å². The lowest BCUT2D eigenvalue weighted by molar-refractivity contribution is -0.0565. The van der Waals surface area contributed by atoms with Crippen LogP contribution in [0.1, 0.15) is 16.6 Å². The summed E-state index contributed by atoms with van der Waals surface area (Å²) < 4.78 is 12.2. The molecule has 3 heterocycles. The summed E-state index contributed by atoms with van der Waals surface area (Å²) in [5.41, 5.74) is 0.227. The quantitative estimate of drug-likeness (QED) is 0.526. The molecule has 3 aromatic rings. The van der Waals surface area contributed by atoms with Crippen molar-refractivity contribution in [3.63, 3.8) is 0 Å². The molecule has 0 aliphatic carbocycles. The van der Waals surface area contributed by atoms with E-state index < -0.39 is 36.1 Å². The lowest BCUT2D eigenvalue weighted by Crippen LogP contribution is -2.34. The Morgan fingerprint density at radius 3 is 2.78 bits per heavy atom. The fraction of sp³-hybridized carbons (Fsp3) is 0.294.